The first-order valence-electron chi connectivity index (χ1n) is 11.2. The van der Waals surface area contributed by atoms with Gasteiger partial charge in [0, 0.05) is 50.1 Å². The van der Waals surface area contributed by atoms with Crippen molar-refractivity contribution in [3.63, 3.8) is 0 Å². The summed E-state index contributed by atoms with van der Waals surface area (Å²) in [5, 5.41) is 3.40. The number of aromatic nitrogens is 1. The predicted molar refractivity (Wildman–Crippen MR) is 120 cm³/mol. The van der Waals surface area contributed by atoms with E-state index in [2.05, 4.69) is 5.32 Å². The molecular weight excluding hydrogens is 414 g/mol. The molecule has 1 aromatic heterocycles. The number of carbonyl (C=O) groups is 2. The van der Waals surface area contributed by atoms with Gasteiger partial charge in [0.15, 0.2) is 0 Å². The van der Waals surface area contributed by atoms with E-state index in [-0.39, 0.29) is 17.7 Å². The minimum absolute atomic E-state index is 0.00126. The summed E-state index contributed by atoms with van der Waals surface area (Å²) in [6.45, 7) is 9.79. The molecular formula is C23H35N3O6. The van der Waals surface area contributed by atoms with Crippen LogP contribution in [0.2, 0.25) is 0 Å². The van der Waals surface area contributed by atoms with Gasteiger partial charge < -0.3 is 29.0 Å². The maximum absolute atomic E-state index is 12.9. The molecule has 0 aromatic carbocycles. The van der Waals surface area contributed by atoms with Crippen LogP contribution < -0.4 is 10.9 Å². The molecule has 0 bridgehead atoms. The number of pyridine rings is 1. The van der Waals surface area contributed by atoms with Crippen molar-refractivity contribution in [2.24, 2.45) is 0 Å². The van der Waals surface area contributed by atoms with Crippen LogP contribution >= 0.6 is 0 Å². The standard InChI is InChI=1S/C23H35N3O6/c1-22(2,3)32-21(29)25-10-8-23(4,9-11-25)24-18-14-19(27)26(15-17(18)20(28)30-5)16-6-12-31-13-7-16/h14-16,24H,6-13H2,1-5H3. The van der Waals surface area contributed by atoms with Gasteiger partial charge in [0.05, 0.1) is 18.4 Å². The van der Waals surface area contributed by atoms with Crippen LogP contribution in [0.4, 0.5) is 10.5 Å². The van der Waals surface area contributed by atoms with Crippen LogP contribution in [0.5, 0.6) is 0 Å². The highest BCUT2D eigenvalue weighted by Gasteiger charge is 2.35. The molecule has 1 amide bonds. The highest BCUT2D eigenvalue weighted by atomic mass is 16.6. The zero-order valence-electron chi connectivity index (χ0n) is 19.7. The normalized spacial score (nSPS) is 19.3. The van der Waals surface area contributed by atoms with Crippen LogP contribution in [-0.4, -0.2) is 66.1 Å². The lowest BCUT2D eigenvalue weighted by molar-refractivity contribution is 0.0184. The molecule has 0 radical (unpaired) electrons. The van der Waals surface area contributed by atoms with Crippen molar-refractivity contribution < 1.29 is 23.8 Å². The summed E-state index contributed by atoms with van der Waals surface area (Å²) in [6.07, 6.45) is 4.03. The number of hydrogen-bond acceptors (Lipinski definition) is 7. The van der Waals surface area contributed by atoms with Gasteiger partial charge in [-0.05, 0) is 53.4 Å². The molecule has 9 heteroatoms. The number of carbonyl (C=O) groups excluding carboxylic acids is 2. The third-order valence-electron chi connectivity index (χ3n) is 6.03. The average molecular weight is 450 g/mol. The van der Waals surface area contributed by atoms with Gasteiger partial charge in [-0.2, -0.15) is 0 Å². The molecule has 2 aliphatic rings. The van der Waals surface area contributed by atoms with Crippen molar-refractivity contribution in [2.75, 3.05) is 38.7 Å². The fourth-order valence-corrected chi connectivity index (χ4v) is 4.13. The zero-order valence-corrected chi connectivity index (χ0v) is 19.7. The first kappa shape index (κ1) is 24.1. The number of rotatable bonds is 4. The Morgan fingerprint density at radius 3 is 2.38 bits per heavy atom. The van der Waals surface area contributed by atoms with E-state index in [1.807, 2.05) is 27.7 Å². The fraction of sp³-hybridized carbons (Fsp3) is 0.696. The Morgan fingerprint density at radius 2 is 1.81 bits per heavy atom. The minimum Gasteiger partial charge on any atom is -0.465 e. The predicted octanol–water partition coefficient (Wildman–Crippen LogP) is 3.19. The van der Waals surface area contributed by atoms with Crippen molar-refractivity contribution in [1.29, 1.82) is 0 Å². The molecule has 0 aliphatic carbocycles. The van der Waals surface area contributed by atoms with Crippen LogP contribution in [0, 0.1) is 0 Å². The lowest BCUT2D eigenvalue weighted by Crippen LogP contribution is -2.50. The fourth-order valence-electron chi connectivity index (χ4n) is 4.13. The lowest BCUT2D eigenvalue weighted by Gasteiger charge is -2.41. The Labute approximate surface area is 189 Å². The summed E-state index contributed by atoms with van der Waals surface area (Å²) >= 11 is 0. The summed E-state index contributed by atoms with van der Waals surface area (Å²) in [5.41, 5.74) is -0.312. The number of anilines is 1. The second kappa shape index (κ2) is 9.52. The Kier molecular flexibility index (Phi) is 7.17. The van der Waals surface area contributed by atoms with E-state index in [9.17, 15) is 14.4 Å². The van der Waals surface area contributed by atoms with Gasteiger partial charge in [-0.15, -0.1) is 0 Å². The molecule has 0 saturated carbocycles. The Balaban J connectivity index is 1.77. The molecule has 32 heavy (non-hydrogen) atoms. The number of amides is 1. The highest BCUT2D eigenvalue weighted by molar-refractivity contribution is 5.95. The molecule has 2 fully saturated rings. The van der Waals surface area contributed by atoms with E-state index >= 15 is 0 Å². The first-order chi connectivity index (χ1) is 15.0. The topological polar surface area (TPSA) is 99.1 Å². The molecule has 0 unspecified atom stereocenters. The van der Waals surface area contributed by atoms with Crippen molar-refractivity contribution in [3.05, 3.63) is 28.2 Å². The van der Waals surface area contributed by atoms with E-state index < -0.39 is 17.1 Å². The number of likely N-dealkylation sites (tertiary alicyclic amines) is 1. The highest BCUT2D eigenvalue weighted by Crippen LogP contribution is 2.30. The molecule has 0 spiro atoms. The summed E-state index contributed by atoms with van der Waals surface area (Å²) in [7, 11) is 1.33. The quantitative estimate of drug-likeness (QED) is 0.705. The van der Waals surface area contributed by atoms with Crippen LogP contribution in [0.15, 0.2) is 17.1 Å². The van der Waals surface area contributed by atoms with Gasteiger partial charge in [-0.25, -0.2) is 9.59 Å². The Hall–Kier alpha value is -2.55. The van der Waals surface area contributed by atoms with E-state index in [1.165, 1.54) is 13.2 Å². The molecule has 0 atom stereocenters. The van der Waals surface area contributed by atoms with Crippen molar-refractivity contribution in [2.45, 2.75) is 70.6 Å². The van der Waals surface area contributed by atoms with E-state index in [4.69, 9.17) is 14.2 Å². The van der Waals surface area contributed by atoms with E-state index in [1.54, 1.807) is 15.7 Å². The first-order valence-corrected chi connectivity index (χ1v) is 11.2. The van der Waals surface area contributed by atoms with Gasteiger partial charge >= 0.3 is 12.1 Å². The summed E-state index contributed by atoms with van der Waals surface area (Å²) in [6, 6.07) is 1.48. The number of esters is 1. The van der Waals surface area contributed by atoms with Crippen LogP contribution in [0.25, 0.3) is 0 Å². The third-order valence-corrected chi connectivity index (χ3v) is 6.03. The largest absolute Gasteiger partial charge is 0.465 e. The number of nitrogens with zero attached hydrogens (tertiary/aromatic N) is 2. The van der Waals surface area contributed by atoms with Crippen molar-refractivity contribution >= 4 is 17.7 Å². The third kappa shape index (κ3) is 5.82. The second-order valence-corrected chi connectivity index (χ2v) is 9.83. The number of piperidine rings is 1. The molecule has 1 N–H and O–H groups in total. The number of ether oxygens (including phenoxy) is 3. The smallest absolute Gasteiger partial charge is 0.410 e. The zero-order chi connectivity index (χ0) is 23.5. The number of nitrogens with one attached hydrogen (secondary N) is 1. The lowest BCUT2D eigenvalue weighted by atomic mass is 9.89. The van der Waals surface area contributed by atoms with E-state index in [0.29, 0.717) is 50.4 Å². The average Bonchev–Trinajstić information content (AvgIpc) is 2.73. The van der Waals surface area contributed by atoms with Crippen LogP contribution in [0.3, 0.4) is 0 Å². The molecule has 3 rings (SSSR count). The maximum atomic E-state index is 12.9. The summed E-state index contributed by atoms with van der Waals surface area (Å²) in [4.78, 5) is 39.5. The minimum atomic E-state index is -0.542. The molecule has 178 valence electrons. The Morgan fingerprint density at radius 1 is 1.19 bits per heavy atom. The molecule has 2 aliphatic heterocycles. The summed E-state index contributed by atoms with van der Waals surface area (Å²) in [5.74, 6) is -0.497. The molecule has 9 nitrogen and oxygen atoms in total. The van der Waals surface area contributed by atoms with Gasteiger partial charge in [-0.3, -0.25) is 4.79 Å². The molecule has 2 saturated heterocycles. The van der Waals surface area contributed by atoms with Gasteiger partial charge in [0.2, 0.25) is 0 Å². The number of hydrogen-bond donors (Lipinski definition) is 1. The van der Waals surface area contributed by atoms with Crippen molar-refractivity contribution in [3.8, 4) is 0 Å². The maximum Gasteiger partial charge on any atom is 0.410 e. The van der Waals surface area contributed by atoms with Crippen molar-refractivity contribution in [1.82, 2.24) is 9.47 Å². The van der Waals surface area contributed by atoms with Gasteiger partial charge in [0.25, 0.3) is 5.56 Å². The monoisotopic (exact) mass is 449 g/mol. The van der Waals surface area contributed by atoms with Crippen LogP contribution in [0.1, 0.15) is 69.8 Å². The SMILES string of the molecule is COC(=O)c1cn(C2CCOCC2)c(=O)cc1NC1(C)CCN(C(=O)OC(C)(C)C)CC1. The second-order valence-electron chi connectivity index (χ2n) is 9.83. The number of methoxy groups -OCH3 is 1. The molecule has 1 aromatic rings. The van der Waals surface area contributed by atoms with Gasteiger partial charge in [-0.1, -0.05) is 0 Å². The van der Waals surface area contributed by atoms with Gasteiger partial charge in [0.1, 0.15) is 5.60 Å². The van der Waals surface area contributed by atoms with Crippen LogP contribution in [-0.2, 0) is 14.2 Å². The molecule has 3 heterocycles. The summed E-state index contributed by atoms with van der Waals surface area (Å²) < 4.78 is 17.5. The Bertz CT molecular complexity index is 890. The van der Waals surface area contributed by atoms with E-state index in [0.717, 1.165) is 12.8 Å².